The fraction of sp³-hybridized carbons (Fsp3) is 0.136. The summed E-state index contributed by atoms with van der Waals surface area (Å²) in [6, 6.07) is 10.6. The third kappa shape index (κ3) is 5.65. The Kier molecular flexibility index (Phi) is 7.33. The predicted molar refractivity (Wildman–Crippen MR) is 121 cm³/mol. The monoisotopic (exact) mass is 459 g/mol. The molecule has 0 aliphatic heterocycles. The van der Waals surface area contributed by atoms with Gasteiger partial charge in [-0.1, -0.05) is 41.4 Å². The summed E-state index contributed by atoms with van der Waals surface area (Å²) in [7, 11) is 2.99. The fourth-order valence-corrected chi connectivity index (χ4v) is 3.13. The van der Waals surface area contributed by atoms with Gasteiger partial charge in [-0.05, 0) is 35.9 Å². The third-order valence-corrected chi connectivity index (χ3v) is 4.90. The first-order chi connectivity index (χ1) is 14.9. The summed E-state index contributed by atoms with van der Waals surface area (Å²) >= 11 is 12.1. The van der Waals surface area contributed by atoms with Crippen molar-refractivity contribution in [2.45, 2.75) is 6.61 Å². The zero-order valence-electron chi connectivity index (χ0n) is 16.7. The molecule has 2 N–H and O–H groups in total. The maximum absolute atomic E-state index is 12.0. The Hall–Kier alpha value is -3.29. The molecule has 0 saturated heterocycles. The van der Waals surface area contributed by atoms with Gasteiger partial charge in [0.25, 0.3) is 11.5 Å². The lowest BCUT2D eigenvalue weighted by atomic mass is 10.2. The maximum Gasteiger partial charge on any atom is 0.263 e. The minimum Gasteiger partial charge on any atom is -0.493 e. The zero-order valence-corrected chi connectivity index (χ0v) is 18.3. The van der Waals surface area contributed by atoms with Crippen LogP contribution in [0, 0.1) is 0 Å². The lowest BCUT2D eigenvalue weighted by molar-refractivity contribution is 0.0961. The summed E-state index contributed by atoms with van der Waals surface area (Å²) < 4.78 is 11.3. The number of hydrogen-bond donors (Lipinski definition) is 2. The molecule has 0 radical (unpaired) electrons. The molecular formula is C22H19Cl2N3O4. The molecule has 9 heteroatoms. The molecule has 0 atom stereocenters. The molecule has 3 rings (SSSR count). The normalized spacial score (nSPS) is 10.8. The number of carbonyl (C=O) groups is 1. The van der Waals surface area contributed by atoms with Crippen molar-refractivity contribution in [2.75, 3.05) is 14.2 Å². The van der Waals surface area contributed by atoms with E-state index in [2.05, 4.69) is 15.3 Å². The average molecular weight is 460 g/mol. The van der Waals surface area contributed by atoms with E-state index in [0.29, 0.717) is 27.4 Å². The average Bonchev–Trinajstić information content (AvgIpc) is 2.77. The molecule has 31 heavy (non-hydrogen) atoms. The third-order valence-electron chi connectivity index (χ3n) is 4.31. The van der Waals surface area contributed by atoms with Crippen molar-refractivity contribution in [1.29, 1.82) is 0 Å². The van der Waals surface area contributed by atoms with E-state index in [9.17, 15) is 9.59 Å². The number of hydrogen-bond acceptors (Lipinski definition) is 5. The van der Waals surface area contributed by atoms with E-state index in [-0.39, 0.29) is 12.2 Å². The van der Waals surface area contributed by atoms with Gasteiger partial charge in [-0.25, -0.2) is 4.98 Å². The largest absolute Gasteiger partial charge is 0.493 e. The molecule has 0 saturated carbocycles. The highest BCUT2D eigenvalue weighted by atomic mass is 35.5. The van der Waals surface area contributed by atoms with Crippen molar-refractivity contribution >= 4 is 41.3 Å². The number of nitrogens with one attached hydrogen (secondary N) is 2. The first kappa shape index (κ1) is 22.4. The van der Waals surface area contributed by atoms with Gasteiger partial charge < -0.3 is 19.8 Å². The second kappa shape index (κ2) is 10.1. The summed E-state index contributed by atoms with van der Waals surface area (Å²) in [6.45, 7) is 0.254. The van der Waals surface area contributed by atoms with E-state index in [1.54, 1.807) is 49.6 Å². The molecule has 2 aromatic carbocycles. The van der Waals surface area contributed by atoms with Gasteiger partial charge in [0.15, 0.2) is 11.5 Å². The second-order valence-electron chi connectivity index (χ2n) is 6.36. The van der Waals surface area contributed by atoms with Crippen molar-refractivity contribution in [3.63, 3.8) is 0 Å². The number of halogens is 2. The minimum atomic E-state index is -0.517. The van der Waals surface area contributed by atoms with Crippen LogP contribution in [0.5, 0.6) is 11.5 Å². The summed E-state index contributed by atoms with van der Waals surface area (Å²) in [6.07, 6.45) is 4.61. The van der Waals surface area contributed by atoms with Crippen molar-refractivity contribution in [1.82, 2.24) is 15.3 Å². The number of ether oxygens (including phenoxy) is 2. The molecule has 160 valence electrons. The first-order valence-electron chi connectivity index (χ1n) is 9.15. The van der Waals surface area contributed by atoms with E-state index in [4.69, 9.17) is 32.7 Å². The van der Waals surface area contributed by atoms with E-state index in [1.807, 2.05) is 6.07 Å². The Labute approximate surface area is 188 Å². The van der Waals surface area contributed by atoms with Crippen LogP contribution in [0.4, 0.5) is 0 Å². The number of benzene rings is 2. The van der Waals surface area contributed by atoms with Gasteiger partial charge in [0.05, 0.1) is 7.11 Å². The molecule has 3 aromatic rings. The highest BCUT2D eigenvalue weighted by molar-refractivity contribution is 6.35. The molecule has 1 amide bonds. The van der Waals surface area contributed by atoms with E-state index >= 15 is 0 Å². The number of aromatic nitrogens is 2. The number of H-pyrrole nitrogens is 1. The van der Waals surface area contributed by atoms with Crippen LogP contribution in [-0.4, -0.2) is 30.0 Å². The van der Waals surface area contributed by atoms with E-state index in [1.165, 1.54) is 13.2 Å². The SMILES string of the molecule is CNC(=O)c1cnc(/C=C\c2ccc(OCc3ccc(Cl)cc3Cl)c(OC)c2)[nH]c1=O. The quantitative estimate of drug-likeness (QED) is 0.552. The Morgan fingerprint density at radius 3 is 2.65 bits per heavy atom. The van der Waals surface area contributed by atoms with Crippen molar-refractivity contribution < 1.29 is 14.3 Å². The van der Waals surface area contributed by atoms with Crippen LogP contribution >= 0.6 is 23.2 Å². The number of methoxy groups -OCH3 is 1. The Bertz CT molecular complexity index is 1190. The van der Waals surface area contributed by atoms with Gasteiger partial charge in [0.1, 0.15) is 18.0 Å². The molecule has 0 bridgehead atoms. The van der Waals surface area contributed by atoms with Crippen LogP contribution in [0.1, 0.15) is 27.3 Å². The van der Waals surface area contributed by atoms with Gasteiger partial charge in [-0.15, -0.1) is 0 Å². The Balaban J connectivity index is 1.74. The molecule has 7 nitrogen and oxygen atoms in total. The lowest BCUT2D eigenvalue weighted by Gasteiger charge is -2.12. The molecule has 0 spiro atoms. The molecule has 0 aliphatic carbocycles. The van der Waals surface area contributed by atoms with Crippen LogP contribution in [0.2, 0.25) is 10.0 Å². The highest BCUT2D eigenvalue weighted by Gasteiger charge is 2.10. The van der Waals surface area contributed by atoms with Gasteiger partial charge in [0.2, 0.25) is 0 Å². The van der Waals surface area contributed by atoms with Crippen molar-refractivity contribution in [3.05, 3.63) is 85.5 Å². The number of rotatable bonds is 7. The molecule has 0 unspecified atom stereocenters. The molecule has 1 aromatic heterocycles. The molecule has 0 fully saturated rings. The smallest absolute Gasteiger partial charge is 0.263 e. The van der Waals surface area contributed by atoms with Gasteiger partial charge in [-0.3, -0.25) is 9.59 Å². The van der Waals surface area contributed by atoms with Crippen LogP contribution in [0.25, 0.3) is 12.2 Å². The van der Waals surface area contributed by atoms with Gasteiger partial charge in [-0.2, -0.15) is 0 Å². The first-order valence-corrected chi connectivity index (χ1v) is 9.91. The number of amides is 1. The highest BCUT2D eigenvalue weighted by Crippen LogP contribution is 2.30. The standard InChI is InChI=1S/C22H19Cl2N3O4/c1-25-21(28)16-11-26-20(27-22(16)29)8-4-13-3-7-18(19(9-13)30-2)31-12-14-5-6-15(23)10-17(14)24/h3-11H,12H2,1-2H3,(H,25,28)(H,26,27,29)/b8-4-. The number of nitrogens with zero attached hydrogens (tertiary/aromatic N) is 1. The van der Waals surface area contributed by atoms with E-state index < -0.39 is 11.5 Å². The molecule has 0 aliphatic rings. The molecule has 1 heterocycles. The van der Waals surface area contributed by atoms with E-state index in [0.717, 1.165) is 11.1 Å². The maximum atomic E-state index is 12.0. The van der Waals surface area contributed by atoms with Crippen molar-refractivity contribution in [3.8, 4) is 11.5 Å². The number of aromatic amines is 1. The number of carbonyl (C=O) groups excluding carboxylic acids is 1. The Morgan fingerprint density at radius 2 is 1.97 bits per heavy atom. The second-order valence-corrected chi connectivity index (χ2v) is 7.20. The van der Waals surface area contributed by atoms with Gasteiger partial charge in [0, 0.05) is 28.9 Å². The summed E-state index contributed by atoms with van der Waals surface area (Å²) in [4.78, 5) is 30.2. The summed E-state index contributed by atoms with van der Waals surface area (Å²) in [5.41, 5.74) is 1.03. The Morgan fingerprint density at radius 1 is 1.16 bits per heavy atom. The van der Waals surface area contributed by atoms with Crippen LogP contribution in [0.15, 0.2) is 47.4 Å². The summed E-state index contributed by atoms with van der Waals surface area (Å²) in [5, 5.41) is 3.47. The predicted octanol–water partition coefficient (Wildman–Crippen LogP) is 4.19. The topological polar surface area (TPSA) is 93.3 Å². The molecular weight excluding hydrogens is 441 g/mol. The van der Waals surface area contributed by atoms with Crippen LogP contribution in [0.3, 0.4) is 0 Å². The van der Waals surface area contributed by atoms with Gasteiger partial charge >= 0.3 is 0 Å². The minimum absolute atomic E-state index is 0.0522. The van der Waals surface area contributed by atoms with Crippen LogP contribution in [-0.2, 0) is 6.61 Å². The van der Waals surface area contributed by atoms with Crippen molar-refractivity contribution in [2.24, 2.45) is 0 Å². The fourth-order valence-electron chi connectivity index (χ4n) is 2.67. The zero-order chi connectivity index (χ0) is 22.4. The van der Waals surface area contributed by atoms with Crippen LogP contribution < -0.4 is 20.3 Å². The lowest BCUT2D eigenvalue weighted by Crippen LogP contribution is -2.27. The summed E-state index contributed by atoms with van der Waals surface area (Å²) in [5.74, 6) is 0.898.